The second-order valence-electron chi connectivity index (χ2n) is 5.08. The minimum Gasteiger partial charge on any atom is -0.237 e. The summed E-state index contributed by atoms with van der Waals surface area (Å²) in [5.74, 6) is 2.24. The van der Waals surface area contributed by atoms with Gasteiger partial charge in [0.15, 0.2) is 0 Å². The van der Waals surface area contributed by atoms with Gasteiger partial charge in [0.2, 0.25) is 0 Å². The lowest BCUT2D eigenvalue weighted by molar-refractivity contribution is 0.427. The summed E-state index contributed by atoms with van der Waals surface area (Å²) < 4.78 is 0. The average Bonchev–Trinajstić information content (AvgIpc) is 3.13. The Morgan fingerprint density at radius 2 is 1.69 bits per heavy atom. The summed E-state index contributed by atoms with van der Waals surface area (Å²) in [6.07, 6.45) is 9.04. The van der Waals surface area contributed by atoms with Gasteiger partial charge in [-0.05, 0) is 31.7 Å². The van der Waals surface area contributed by atoms with E-state index in [4.69, 9.17) is 16.6 Å². The number of hydrogen-bond acceptors (Lipinski definition) is 2. The molecule has 2 nitrogen and oxygen atoms in total. The molecule has 2 fully saturated rings. The van der Waals surface area contributed by atoms with Crippen molar-refractivity contribution in [1.82, 2.24) is 9.97 Å². The highest BCUT2D eigenvalue weighted by Crippen LogP contribution is 2.40. The van der Waals surface area contributed by atoms with E-state index in [9.17, 15) is 0 Å². The average molecular weight is 237 g/mol. The normalized spacial score (nSPS) is 22.3. The summed E-state index contributed by atoms with van der Waals surface area (Å²) in [5, 5.41) is 0.637. The van der Waals surface area contributed by atoms with Gasteiger partial charge in [0.05, 0.1) is 0 Å². The summed E-state index contributed by atoms with van der Waals surface area (Å²) in [7, 11) is 0. The van der Waals surface area contributed by atoms with Crippen LogP contribution in [0, 0.1) is 0 Å². The van der Waals surface area contributed by atoms with Crippen LogP contribution in [0.2, 0.25) is 5.15 Å². The van der Waals surface area contributed by atoms with Crippen molar-refractivity contribution in [2.45, 2.75) is 56.8 Å². The molecule has 0 spiro atoms. The zero-order chi connectivity index (χ0) is 11.0. The van der Waals surface area contributed by atoms with Crippen LogP contribution in [0.15, 0.2) is 6.07 Å². The summed E-state index contributed by atoms with van der Waals surface area (Å²) in [6, 6.07) is 1.95. The zero-order valence-electron chi connectivity index (χ0n) is 9.45. The van der Waals surface area contributed by atoms with Gasteiger partial charge in [-0.15, -0.1) is 0 Å². The van der Waals surface area contributed by atoms with E-state index in [0.717, 1.165) is 5.82 Å². The van der Waals surface area contributed by atoms with Gasteiger partial charge in [-0.3, -0.25) is 0 Å². The SMILES string of the molecule is Clc1cc(C2CC2)nc(C2CCCCC2)n1. The van der Waals surface area contributed by atoms with Crippen LogP contribution in [0.4, 0.5) is 0 Å². The van der Waals surface area contributed by atoms with Gasteiger partial charge in [-0.25, -0.2) is 9.97 Å². The molecule has 3 rings (SSSR count). The van der Waals surface area contributed by atoms with E-state index in [1.54, 1.807) is 0 Å². The largest absolute Gasteiger partial charge is 0.237 e. The van der Waals surface area contributed by atoms with Crippen molar-refractivity contribution in [3.63, 3.8) is 0 Å². The van der Waals surface area contributed by atoms with Gasteiger partial charge in [0.1, 0.15) is 11.0 Å². The molecule has 3 heteroatoms. The molecule has 0 atom stereocenters. The number of nitrogens with zero attached hydrogens (tertiary/aromatic N) is 2. The van der Waals surface area contributed by atoms with Crippen molar-refractivity contribution < 1.29 is 0 Å². The smallest absolute Gasteiger partial charge is 0.133 e. The molecule has 0 aromatic carbocycles. The zero-order valence-corrected chi connectivity index (χ0v) is 10.2. The van der Waals surface area contributed by atoms with E-state index in [-0.39, 0.29) is 0 Å². The van der Waals surface area contributed by atoms with E-state index >= 15 is 0 Å². The molecular formula is C13H17ClN2. The van der Waals surface area contributed by atoms with Crippen LogP contribution in [-0.4, -0.2) is 9.97 Å². The molecule has 2 aliphatic rings. The molecule has 1 aromatic rings. The molecule has 0 unspecified atom stereocenters. The second kappa shape index (κ2) is 4.33. The second-order valence-corrected chi connectivity index (χ2v) is 5.47. The lowest BCUT2D eigenvalue weighted by Gasteiger charge is -2.20. The molecule has 2 aliphatic carbocycles. The van der Waals surface area contributed by atoms with Crippen molar-refractivity contribution >= 4 is 11.6 Å². The monoisotopic (exact) mass is 236 g/mol. The van der Waals surface area contributed by atoms with E-state index in [1.165, 1.54) is 50.6 Å². The Labute approximate surface area is 101 Å². The van der Waals surface area contributed by atoms with Crippen LogP contribution in [0.1, 0.15) is 68.3 Å². The van der Waals surface area contributed by atoms with Gasteiger partial charge in [0.25, 0.3) is 0 Å². The van der Waals surface area contributed by atoms with E-state index in [1.807, 2.05) is 6.07 Å². The fourth-order valence-electron chi connectivity index (χ4n) is 2.58. The molecular weight excluding hydrogens is 220 g/mol. The van der Waals surface area contributed by atoms with Crippen LogP contribution in [0.5, 0.6) is 0 Å². The maximum Gasteiger partial charge on any atom is 0.133 e. The quantitative estimate of drug-likeness (QED) is 0.724. The van der Waals surface area contributed by atoms with Gasteiger partial charge in [-0.2, -0.15) is 0 Å². The highest BCUT2D eigenvalue weighted by Gasteiger charge is 2.27. The molecule has 0 aliphatic heterocycles. The molecule has 1 heterocycles. The van der Waals surface area contributed by atoms with Gasteiger partial charge in [-0.1, -0.05) is 30.9 Å². The predicted molar refractivity (Wildman–Crippen MR) is 64.8 cm³/mol. The maximum absolute atomic E-state index is 6.09. The summed E-state index contributed by atoms with van der Waals surface area (Å²) in [5.41, 5.74) is 1.18. The molecule has 0 bridgehead atoms. The van der Waals surface area contributed by atoms with Gasteiger partial charge >= 0.3 is 0 Å². The third-order valence-corrected chi connectivity index (χ3v) is 3.89. The first-order chi connectivity index (χ1) is 7.83. The van der Waals surface area contributed by atoms with Crippen molar-refractivity contribution in [1.29, 1.82) is 0 Å². The maximum atomic E-state index is 6.09. The highest BCUT2D eigenvalue weighted by molar-refractivity contribution is 6.29. The third-order valence-electron chi connectivity index (χ3n) is 3.70. The molecule has 0 amide bonds. The predicted octanol–water partition coefficient (Wildman–Crippen LogP) is 4.06. The molecule has 1 aromatic heterocycles. The minimum absolute atomic E-state index is 0.560. The summed E-state index contributed by atoms with van der Waals surface area (Å²) in [4.78, 5) is 9.15. The van der Waals surface area contributed by atoms with Gasteiger partial charge < -0.3 is 0 Å². The number of halogens is 1. The Morgan fingerprint density at radius 3 is 2.38 bits per heavy atom. The number of hydrogen-bond donors (Lipinski definition) is 0. The first-order valence-electron chi connectivity index (χ1n) is 6.37. The lowest BCUT2D eigenvalue weighted by atomic mass is 9.88. The lowest BCUT2D eigenvalue weighted by Crippen LogP contribution is -2.10. The summed E-state index contributed by atoms with van der Waals surface area (Å²) in [6.45, 7) is 0. The minimum atomic E-state index is 0.560. The van der Waals surface area contributed by atoms with E-state index in [0.29, 0.717) is 17.0 Å². The Morgan fingerprint density at radius 1 is 0.938 bits per heavy atom. The van der Waals surface area contributed by atoms with Gasteiger partial charge in [0, 0.05) is 17.5 Å². The van der Waals surface area contributed by atoms with Crippen LogP contribution in [0.3, 0.4) is 0 Å². The van der Waals surface area contributed by atoms with Crippen LogP contribution in [0.25, 0.3) is 0 Å². The fraction of sp³-hybridized carbons (Fsp3) is 0.692. The molecule has 2 saturated carbocycles. The Bertz CT molecular complexity index is 382. The molecule has 0 saturated heterocycles. The van der Waals surface area contributed by atoms with Crippen molar-refractivity contribution in [2.24, 2.45) is 0 Å². The van der Waals surface area contributed by atoms with Crippen LogP contribution >= 0.6 is 11.6 Å². The van der Waals surface area contributed by atoms with Crippen molar-refractivity contribution in [2.75, 3.05) is 0 Å². The number of rotatable bonds is 2. The first-order valence-corrected chi connectivity index (χ1v) is 6.75. The molecule has 0 radical (unpaired) electrons. The Hall–Kier alpha value is -0.630. The Balaban J connectivity index is 1.86. The van der Waals surface area contributed by atoms with Crippen LogP contribution in [-0.2, 0) is 0 Å². The standard InChI is InChI=1S/C13H17ClN2/c14-12-8-11(9-6-7-9)15-13(16-12)10-4-2-1-3-5-10/h8-10H,1-7H2. The van der Waals surface area contributed by atoms with E-state index in [2.05, 4.69) is 4.98 Å². The van der Waals surface area contributed by atoms with Crippen molar-refractivity contribution in [3.05, 3.63) is 22.7 Å². The highest BCUT2D eigenvalue weighted by atomic mass is 35.5. The van der Waals surface area contributed by atoms with E-state index < -0.39 is 0 Å². The third kappa shape index (κ3) is 2.22. The molecule has 0 N–H and O–H groups in total. The number of aromatic nitrogens is 2. The first kappa shape index (κ1) is 10.5. The summed E-state index contributed by atoms with van der Waals surface area (Å²) >= 11 is 6.09. The fourth-order valence-corrected chi connectivity index (χ4v) is 2.78. The van der Waals surface area contributed by atoms with Crippen LogP contribution < -0.4 is 0 Å². The van der Waals surface area contributed by atoms with Crippen molar-refractivity contribution in [3.8, 4) is 0 Å². The molecule has 86 valence electrons. The topological polar surface area (TPSA) is 25.8 Å². The Kier molecular flexibility index (Phi) is 2.84. The molecule has 16 heavy (non-hydrogen) atoms.